The molecule has 0 bridgehead atoms. The van der Waals surface area contributed by atoms with Gasteiger partial charge in [-0.05, 0) is 19.8 Å². The molecule has 1 saturated carbocycles. The van der Waals surface area contributed by atoms with Crippen LogP contribution in [-0.2, 0) is 4.79 Å². The molecule has 0 heterocycles. The highest BCUT2D eigenvalue weighted by Gasteiger charge is 2.45. The van der Waals surface area contributed by atoms with Crippen LogP contribution in [0.25, 0.3) is 0 Å². The maximum atomic E-state index is 10.1. The summed E-state index contributed by atoms with van der Waals surface area (Å²) < 4.78 is 0. The predicted molar refractivity (Wildman–Crippen MR) is 24.7 cm³/mol. The standard InChI is InChI=1S/C5H7O2/c1-5(2-3-5)4(6)7/h2H,3H2,1H3,(H,6,7). The predicted octanol–water partition coefficient (Wildman–Crippen LogP) is 0.685. The minimum atomic E-state index is -0.701. The van der Waals surface area contributed by atoms with Crippen LogP contribution in [0.15, 0.2) is 0 Å². The zero-order valence-corrected chi connectivity index (χ0v) is 4.14. The molecule has 0 saturated heterocycles. The zero-order valence-electron chi connectivity index (χ0n) is 4.14. The van der Waals surface area contributed by atoms with Crippen molar-refractivity contribution in [3.05, 3.63) is 6.42 Å². The van der Waals surface area contributed by atoms with E-state index in [0.717, 1.165) is 6.42 Å². The van der Waals surface area contributed by atoms with Gasteiger partial charge >= 0.3 is 5.97 Å². The van der Waals surface area contributed by atoms with Crippen LogP contribution >= 0.6 is 0 Å². The Balaban J connectivity index is 2.55. The number of hydrogen-bond acceptors (Lipinski definition) is 1. The molecule has 0 aromatic rings. The topological polar surface area (TPSA) is 37.3 Å². The van der Waals surface area contributed by atoms with E-state index >= 15 is 0 Å². The number of rotatable bonds is 1. The largest absolute Gasteiger partial charge is 0.481 e. The van der Waals surface area contributed by atoms with Crippen molar-refractivity contribution in [2.75, 3.05) is 0 Å². The van der Waals surface area contributed by atoms with Crippen molar-refractivity contribution in [2.45, 2.75) is 13.3 Å². The molecule has 0 amide bonds. The summed E-state index contributed by atoms with van der Waals surface area (Å²) in [5, 5.41) is 8.28. The summed E-state index contributed by atoms with van der Waals surface area (Å²) in [4.78, 5) is 10.1. The third-order valence-corrected chi connectivity index (χ3v) is 1.31. The molecule has 1 unspecified atom stereocenters. The molecule has 0 spiro atoms. The number of aliphatic carboxylic acids is 1. The van der Waals surface area contributed by atoms with Crippen molar-refractivity contribution >= 4 is 5.97 Å². The van der Waals surface area contributed by atoms with Gasteiger partial charge in [0.2, 0.25) is 0 Å². The van der Waals surface area contributed by atoms with E-state index in [0.29, 0.717) is 0 Å². The van der Waals surface area contributed by atoms with Gasteiger partial charge in [0.05, 0.1) is 5.41 Å². The van der Waals surface area contributed by atoms with Crippen LogP contribution < -0.4 is 0 Å². The van der Waals surface area contributed by atoms with Crippen LogP contribution in [0, 0.1) is 11.8 Å². The molecule has 2 heteroatoms. The second-order valence-electron chi connectivity index (χ2n) is 2.13. The monoisotopic (exact) mass is 99.0 g/mol. The maximum absolute atomic E-state index is 10.1. The average molecular weight is 99.1 g/mol. The minimum absolute atomic E-state index is 0.458. The Morgan fingerprint density at radius 1 is 2.00 bits per heavy atom. The van der Waals surface area contributed by atoms with Gasteiger partial charge in [0.1, 0.15) is 0 Å². The normalized spacial score (nSPS) is 24.1. The molecular weight excluding hydrogens is 92.1 g/mol. The first-order valence-electron chi connectivity index (χ1n) is 2.23. The summed E-state index contributed by atoms with van der Waals surface area (Å²) >= 11 is 0. The molecule has 2 nitrogen and oxygen atoms in total. The minimum Gasteiger partial charge on any atom is -0.481 e. The Labute approximate surface area is 42.1 Å². The third kappa shape index (κ3) is 0.601. The Bertz CT molecular complexity index is 103. The van der Waals surface area contributed by atoms with E-state index in [1.165, 1.54) is 0 Å². The fourth-order valence-corrected chi connectivity index (χ4v) is 0.328. The Hall–Kier alpha value is -0.530. The first kappa shape index (κ1) is 4.62. The summed E-state index contributed by atoms with van der Waals surface area (Å²) in [6, 6.07) is 0. The van der Waals surface area contributed by atoms with E-state index in [9.17, 15) is 4.79 Å². The molecule has 1 fully saturated rings. The van der Waals surface area contributed by atoms with Crippen molar-refractivity contribution in [3.63, 3.8) is 0 Å². The summed E-state index contributed by atoms with van der Waals surface area (Å²) in [7, 11) is 0. The molecule has 0 aromatic carbocycles. The van der Waals surface area contributed by atoms with Crippen molar-refractivity contribution < 1.29 is 9.90 Å². The van der Waals surface area contributed by atoms with Crippen LogP contribution in [0.1, 0.15) is 13.3 Å². The van der Waals surface area contributed by atoms with Gasteiger partial charge in [-0.25, -0.2) is 0 Å². The first-order valence-corrected chi connectivity index (χ1v) is 2.23. The summed E-state index contributed by atoms with van der Waals surface area (Å²) in [5.41, 5.74) is -0.458. The van der Waals surface area contributed by atoms with E-state index < -0.39 is 11.4 Å². The van der Waals surface area contributed by atoms with E-state index in [-0.39, 0.29) is 0 Å². The van der Waals surface area contributed by atoms with Gasteiger partial charge in [-0.15, -0.1) is 0 Å². The van der Waals surface area contributed by atoms with Crippen molar-refractivity contribution in [3.8, 4) is 0 Å². The van der Waals surface area contributed by atoms with Crippen LogP contribution in [-0.4, -0.2) is 11.1 Å². The molecule has 1 radical (unpaired) electrons. The molecule has 1 aliphatic rings. The van der Waals surface area contributed by atoms with Crippen LogP contribution in [0.4, 0.5) is 0 Å². The van der Waals surface area contributed by atoms with Gasteiger partial charge in [-0.2, -0.15) is 0 Å². The smallest absolute Gasteiger partial charge is 0.309 e. The molecular formula is C5H7O2. The lowest BCUT2D eigenvalue weighted by Gasteiger charge is -1.94. The summed E-state index contributed by atoms with van der Waals surface area (Å²) in [6.45, 7) is 1.72. The van der Waals surface area contributed by atoms with Gasteiger partial charge in [0.15, 0.2) is 0 Å². The zero-order chi connectivity index (χ0) is 5.49. The molecule has 1 aliphatic carbocycles. The Morgan fingerprint density at radius 2 is 2.43 bits per heavy atom. The highest BCUT2D eigenvalue weighted by molar-refractivity contribution is 5.80. The molecule has 0 aliphatic heterocycles. The fraction of sp³-hybridized carbons (Fsp3) is 0.600. The molecule has 1 N–H and O–H groups in total. The number of carboxylic acid groups (broad SMARTS) is 1. The molecule has 0 aromatic heterocycles. The fourth-order valence-electron chi connectivity index (χ4n) is 0.328. The van der Waals surface area contributed by atoms with Crippen LogP contribution in [0.2, 0.25) is 0 Å². The average Bonchev–Trinajstić information content (AvgIpc) is 2.21. The van der Waals surface area contributed by atoms with Gasteiger partial charge in [-0.1, -0.05) is 0 Å². The SMILES string of the molecule is CC1(C(=O)O)[CH]C1. The Kier molecular flexibility index (Phi) is 0.659. The summed E-state index contributed by atoms with van der Waals surface area (Å²) in [5.74, 6) is -0.701. The van der Waals surface area contributed by atoms with Gasteiger partial charge in [0.25, 0.3) is 0 Å². The quantitative estimate of drug-likeness (QED) is 0.525. The highest BCUT2D eigenvalue weighted by atomic mass is 16.4. The lowest BCUT2D eigenvalue weighted by atomic mass is 10.2. The molecule has 7 heavy (non-hydrogen) atoms. The molecule has 1 atom stereocenters. The van der Waals surface area contributed by atoms with E-state index in [1.807, 2.05) is 0 Å². The molecule has 39 valence electrons. The number of carbonyl (C=O) groups is 1. The van der Waals surface area contributed by atoms with E-state index in [4.69, 9.17) is 5.11 Å². The van der Waals surface area contributed by atoms with Crippen molar-refractivity contribution in [1.82, 2.24) is 0 Å². The maximum Gasteiger partial charge on any atom is 0.309 e. The Morgan fingerprint density at radius 3 is 2.43 bits per heavy atom. The van der Waals surface area contributed by atoms with E-state index in [2.05, 4.69) is 0 Å². The van der Waals surface area contributed by atoms with Gasteiger partial charge in [-0.3, -0.25) is 4.79 Å². The van der Waals surface area contributed by atoms with Crippen LogP contribution in [0.3, 0.4) is 0 Å². The second kappa shape index (κ2) is 0.997. The number of hydrogen-bond donors (Lipinski definition) is 1. The first-order chi connectivity index (χ1) is 3.15. The van der Waals surface area contributed by atoms with Gasteiger partial charge < -0.3 is 5.11 Å². The van der Waals surface area contributed by atoms with Crippen LogP contribution in [0.5, 0.6) is 0 Å². The lowest BCUT2D eigenvalue weighted by Crippen LogP contribution is -2.08. The second-order valence-corrected chi connectivity index (χ2v) is 2.13. The van der Waals surface area contributed by atoms with E-state index in [1.54, 1.807) is 13.3 Å². The van der Waals surface area contributed by atoms with Crippen molar-refractivity contribution in [1.29, 1.82) is 0 Å². The summed E-state index contributed by atoms with van der Waals surface area (Å²) in [6.07, 6.45) is 2.53. The van der Waals surface area contributed by atoms with Crippen molar-refractivity contribution in [2.24, 2.45) is 5.41 Å². The van der Waals surface area contributed by atoms with Gasteiger partial charge in [0, 0.05) is 0 Å². The lowest BCUT2D eigenvalue weighted by molar-refractivity contribution is -0.142. The highest BCUT2D eigenvalue weighted by Crippen LogP contribution is 2.43. The molecule has 1 rings (SSSR count). The third-order valence-electron chi connectivity index (χ3n) is 1.31. The number of carboxylic acids is 1.